The molecule has 0 spiro atoms. The highest BCUT2D eigenvalue weighted by Gasteiger charge is 2.26. The van der Waals surface area contributed by atoms with E-state index < -0.39 is 0 Å². The fourth-order valence-corrected chi connectivity index (χ4v) is 2.62. The van der Waals surface area contributed by atoms with E-state index >= 15 is 0 Å². The van der Waals surface area contributed by atoms with Crippen molar-refractivity contribution in [3.8, 4) is 6.07 Å². The van der Waals surface area contributed by atoms with Crippen LogP contribution in [-0.2, 0) is 4.74 Å². The minimum Gasteiger partial charge on any atom is -0.378 e. The molecule has 22 heavy (non-hydrogen) atoms. The molecule has 3 rings (SSSR count). The van der Waals surface area contributed by atoms with Gasteiger partial charge < -0.3 is 19.4 Å². The highest BCUT2D eigenvalue weighted by Crippen LogP contribution is 2.14. The lowest BCUT2D eigenvalue weighted by atomic mass is 10.3. The largest absolute Gasteiger partial charge is 0.378 e. The predicted octanol–water partition coefficient (Wildman–Crippen LogP) is -0.0775. The Hall–Kier alpha value is -2.40. The fourth-order valence-electron chi connectivity index (χ4n) is 2.62. The summed E-state index contributed by atoms with van der Waals surface area (Å²) in [5, 5.41) is 8.73. The number of anilines is 1. The second-order valence-electron chi connectivity index (χ2n) is 5.23. The molecule has 0 radical (unpaired) electrons. The van der Waals surface area contributed by atoms with Crippen LogP contribution in [0.15, 0.2) is 12.4 Å². The summed E-state index contributed by atoms with van der Waals surface area (Å²) < 4.78 is 5.27. The lowest BCUT2D eigenvalue weighted by Gasteiger charge is -2.38. The van der Waals surface area contributed by atoms with E-state index in [0.717, 1.165) is 18.9 Å². The van der Waals surface area contributed by atoms with Crippen molar-refractivity contribution in [2.45, 2.75) is 0 Å². The van der Waals surface area contributed by atoms with Gasteiger partial charge in [-0.15, -0.1) is 0 Å². The van der Waals surface area contributed by atoms with E-state index in [1.54, 1.807) is 6.20 Å². The molecule has 1 aromatic rings. The van der Waals surface area contributed by atoms with Crippen LogP contribution >= 0.6 is 0 Å². The van der Waals surface area contributed by atoms with E-state index in [-0.39, 0.29) is 6.03 Å². The quantitative estimate of drug-likeness (QED) is 0.721. The number of carbonyl (C=O) groups excluding carboxylic acids is 1. The number of ether oxygens (including phenoxy) is 1. The SMILES string of the molecule is N#Cc1cnc(N2CCN(C(=O)N3CCOCC3)CC2)cn1. The summed E-state index contributed by atoms with van der Waals surface area (Å²) in [6, 6.07) is 2.05. The van der Waals surface area contributed by atoms with E-state index in [9.17, 15) is 4.79 Å². The zero-order valence-electron chi connectivity index (χ0n) is 12.3. The van der Waals surface area contributed by atoms with Gasteiger partial charge >= 0.3 is 6.03 Å². The zero-order chi connectivity index (χ0) is 15.4. The third-order valence-electron chi connectivity index (χ3n) is 3.91. The first kappa shape index (κ1) is 14.5. The monoisotopic (exact) mass is 302 g/mol. The minimum atomic E-state index is 0.0915. The van der Waals surface area contributed by atoms with E-state index in [4.69, 9.17) is 10.00 Å². The molecule has 2 amide bonds. The van der Waals surface area contributed by atoms with Crippen LogP contribution in [0.4, 0.5) is 10.6 Å². The molecule has 8 heteroatoms. The molecule has 0 atom stereocenters. The van der Waals surface area contributed by atoms with E-state index in [1.807, 2.05) is 15.9 Å². The van der Waals surface area contributed by atoms with Crippen molar-refractivity contribution in [3.05, 3.63) is 18.1 Å². The Morgan fingerprint density at radius 1 is 1.05 bits per heavy atom. The van der Waals surface area contributed by atoms with Gasteiger partial charge in [0.1, 0.15) is 11.9 Å². The second kappa shape index (κ2) is 6.58. The van der Waals surface area contributed by atoms with Crippen LogP contribution < -0.4 is 4.90 Å². The number of amides is 2. The number of morpholine rings is 1. The molecule has 3 heterocycles. The van der Waals surface area contributed by atoms with Crippen LogP contribution in [0.5, 0.6) is 0 Å². The number of aromatic nitrogens is 2. The standard InChI is InChI=1S/C14H18N6O2/c15-9-12-10-17-13(11-16-12)18-1-3-19(4-2-18)14(21)20-5-7-22-8-6-20/h10-11H,1-8H2. The molecular weight excluding hydrogens is 284 g/mol. The van der Waals surface area contributed by atoms with Crippen molar-refractivity contribution in [3.63, 3.8) is 0 Å². The van der Waals surface area contributed by atoms with Gasteiger partial charge in [0, 0.05) is 39.3 Å². The molecule has 0 saturated carbocycles. The van der Waals surface area contributed by atoms with Gasteiger partial charge in [-0.05, 0) is 0 Å². The number of nitriles is 1. The molecule has 116 valence electrons. The van der Waals surface area contributed by atoms with E-state index in [2.05, 4.69) is 14.9 Å². The first-order valence-electron chi connectivity index (χ1n) is 7.36. The third kappa shape index (κ3) is 3.09. The summed E-state index contributed by atoms with van der Waals surface area (Å²) in [5.41, 5.74) is 0.310. The van der Waals surface area contributed by atoms with Gasteiger partial charge in [-0.1, -0.05) is 0 Å². The number of urea groups is 1. The summed E-state index contributed by atoms with van der Waals surface area (Å²) in [5.74, 6) is 0.748. The number of hydrogen-bond donors (Lipinski definition) is 0. The van der Waals surface area contributed by atoms with Gasteiger partial charge in [-0.2, -0.15) is 5.26 Å². The maximum absolute atomic E-state index is 12.4. The van der Waals surface area contributed by atoms with Crippen LogP contribution in [-0.4, -0.2) is 78.3 Å². The Morgan fingerprint density at radius 3 is 2.32 bits per heavy atom. The Bertz CT molecular complexity index is 556. The molecule has 0 aliphatic carbocycles. The van der Waals surface area contributed by atoms with Gasteiger partial charge in [-0.25, -0.2) is 14.8 Å². The summed E-state index contributed by atoms with van der Waals surface area (Å²) in [6.07, 6.45) is 3.08. The van der Waals surface area contributed by atoms with Crippen LogP contribution in [0.2, 0.25) is 0 Å². The summed E-state index contributed by atoms with van der Waals surface area (Å²) >= 11 is 0. The molecule has 8 nitrogen and oxygen atoms in total. The molecule has 2 fully saturated rings. The molecule has 1 aromatic heterocycles. The van der Waals surface area contributed by atoms with Crippen molar-refractivity contribution in [2.75, 3.05) is 57.4 Å². The van der Waals surface area contributed by atoms with Gasteiger partial charge in [0.15, 0.2) is 5.69 Å². The normalized spacial score (nSPS) is 19.0. The fraction of sp³-hybridized carbons (Fsp3) is 0.571. The maximum atomic E-state index is 12.4. The summed E-state index contributed by atoms with van der Waals surface area (Å²) in [7, 11) is 0. The number of hydrogen-bond acceptors (Lipinski definition) is 6. The van der Waals surface area contributed by atoms with Gasteiger partial charge in [0.2, 0.25) is 0 Å². The summed E-state index contributed by atoms with van der Waals surface area (Å²) in [4.78, 5) is 26.5. The predicted molar refractivity (Wildman–Crippen MR) is 78.3 cm³/mol. The van der Waals surface area contributed by atoms with Crippen molar-refractivity contribution in [1.29, 1.82) is 5.26 Å². The average Bonchev–Trinajstić information content (AvgIpc) is 2.62. The molecule has 0 unspecified atom stereocenters. The summed E-state index contributed by atoms with van der Waals surface area (Å²) in [6.45, 7) is 5.34. The Morgan fingerprint density at radius 2 is 1.73 bits per heavy atom. The van der Waals surface area contributed by atoms with Crippen LogP contribution in [0.25, 0.3) is 0 Å². The molecule has 2 saturated heterocycles. The van der Waals surface area contributed by atoms with Crippen molar-refractivity contribution < 1.29 is 9.53 Å². The van der Waals surface area contributed by atoms with Crippen LogP contribution in [0.1, 0.15) is 5.69 Å². The molecule has 2 aliphatic heterocycles. The lowest BCUT2D eigenvalue weighted by Crippen LogP contribution is -2.55. The van der Waals surface area contributed by atoms with Gasteiger partial charge in [-0.3, -0.25) is 0 Å². The number of rotatable bonds is 1. The van der Waals surface area contributed by atoms with Gasteiger partial charge in [0.05, 0.1) is 25.6 Å². The number of carbonyl (C=O) groups is 1. The molecular formula is C14H18N6O2. The smallest absolute Gasteiger partial charge is 0.320 e. The second-order valence-corrected chi connectivity index (χ2v) is 5.23. The maximum Gasteiger partial charge on any atom is 0.320 e. The highest BCUT2D eigenvalue weighted by molar-refractivity contribution is 5.75. The highest BCUT2D eigenvalue weighted by atomic mass is 16.5. The van der Waals surface area contributed by atoms with E-state index in [0.29, 0.717) is 45.1 Å². The van der Waals surface area contributed by atoms with Crippen LogP contribution in [0, 0.1) is 11.3 Å². The van der Waals surface area contributed by atoms with Crippen molar-refractivity contribution >= 4 is 11.8 Å². The van der Waals surface area contributed by atoms with Crippen molar-refractivity contribution in [1.82, 2.24) is 19.8 Å². The Labute approximate surface area is 128 Å². The van der Waals surface area contributed by atoms with E-state index in [1.165, 1.54) is 6.20 Å². The average molecular weight is 302 g/mol. The molecule has 0 N–H and O–H groups in total. The van der Waals surface area contributed by atoms with Crippen LogP contribution in [0.3, 0.4) is 0 Å². The third-order valence-corrected chi connectivity index (χ3v) is 3.91. The molecule has 0 bridgehead atoms. The van der Waals surface area contributed by atoms with Crippen molar-refractivity contribution in [2.24, 2.45) is 0 Å². The topological polar surface area (TPSA) is 85.6 Å². The van der Waals surface area contributed by atoms with Gasteiger partial charge in [0.25, 0.3) is 0 Å². The Balaban J connectivity index is 1.55. The Kier molecular flexibility index (Phi) is 4.34. The number of piperazine rings is 1. The first-order valence-corrected chi connectivity index (χ1v) is 7.36. The lowest BCUT2D eigenvalue weighted by molar-refractivity contribution is 0.0428. The number of nitrogens with zero attached hydrogens (tertiary/aromatic N) is 6. The molecule has 2 aliphatic rings. The first-order chi connectivity index (χ1) is 10.8. The molecule has 0 aromatic carbocycles. The minimum absolute atomic E-state index is 0.0915. The zero-order valence-corrected chi connectivity index (χ0v) is 12.3.